The minimum atomic E-state index is -3.31. The van der Waals surface area contributed by atoms with Crippen LogP contribution < -0.4 is 10.6 Å². The van der Waals surface area contributed by atoms with Crippen molar-refractivity contribution in [2.24, 2.45) is 5.92 Å². The first-order valence-electron chi connectivity index (χ1n) is 11.6. The average Bonchev–Trinajstić information content (AvgIpc) is 3.60. The van der Waals surface area contributed by atoms with Crippen LogP contribution in [-0.4, -0.2) is 43.9 Å². The fraction of sp³-hybridized carbons (Fsp3) is 0.480. The standard InChI is InChI=1S/C25H30F2N2O4S/c1-2-15-3-4-18-13-34(32,33)14-23(21(18)9-15)28-12-24(30)22(29-25(31)17-5-6-17)10-16-7-19(26)11-20(27)8-16/h3-4,7-9,11,17,22-24,28,30H,2,5-6,10,12-14H2,1H3,(H,29,31)/t22-,23-,24+/m0/s1. The molecule has 1 heterocycles. The number of fused-ring (bicyclic) bond motifs is 1. The van der Waals surface area contributed by atoms with E-state index in [1.807, 2.05) is 25.1 Å². The summed E-state index contributed by atoms with van der Waals surface area (Å²) in [6, 6.07) is 7.59. The number of amides is 1. The molecule has 184 valence electrons. The number of sulfone groups is 1. The number of halogens is 2. The lowest BCUT2D eigenvalue weighted by Gasteiger charge is -2.30. The molecule has 0 saturated heterocycles. The van der Waals surface area contributed by atoms with Gasteiger partial charge in [0, 0.05) is 24.6 Å². The van der Waals surface area contributed by atoms with Gasteiger partial charge in [-0.2, -0.15) is 0 Å². The Morgan fingerprint density at radius 2 is 1.82 bits per heavy atom. The Kier molecular flexibility index (Phi) is 7.35. The van der Waals surface area contributed by atoms with E-state index >= 15 is 0 Å². The van der Waals surface area contributed by atoms with E-state index in [2.05, 4.69) is 10.6 Å². The molecule has 4 rings (SSSR count). The van der Waals surface area contributed by atoms with Crippen LogP contribution in [0.2, 0.25) is 0 Å². The van der Waals surface area contributed by atoms with Gasteiger partial charge in [0.15, 0.2) is 9.84 Å². The first kappa shape index (κ1) is 24.8. The number of rotatable bonds is 9. The summed E-state index contributed by atoms with van der Waals surface area (Å²) >= 11 is 0. The van der Waals surface area contributed by atoms with Crippen LogP contribution in [0.3, 0.4) is 0 Å². The Morgan fingerprint density at radius 1 is 1.12 bits per heavy atom. The van der Waals surface area contributed by atoms with Crippen LogP contribution in [-0.2, 0) is 33.2 Å². The van der Waals surface area contributed by atoms with Crippen molar-refractivity contribution < 1.29 is 27.1 Å². The minimum absolute atomic E-state index is 0.00336. The fourth-order valence-corrected chi connectivity index (χ4v) is 6.11. The molecule has 2 aromatic carbocycles. The Labute approximate surface area is 198 Å². The van der Waals surface area contributed by atoms with E-state index in [-0.39, 0.29) is 36.3 Å². The molecule has 6 nitrogen and oxygen atoms in total. The summed E-state index contributed by atoms with van der Waals surface area (Å²) in [4.78, 5) is 12.4. The van der Waals surface area contributed by atoms with E-state index in [1.54, 1.807) is 0 Å². The molecule has 2 aromatic rings. The lowest BCUT2D eigenvalue weighted by atomic mass is 9.97. The van der Waals surface area contributed by atoms with Crippen molar-refractivity contribution >= 4 is 15.7 Å². The molecule has 1 aliphatic heterocycles. The molecule has 3 N–H and O–H groups in total. The third-order valence-electron chi connectivity index (χ3n) is 6.48. The van der Waals surface area contributed by atoms with Crippen molar-refractivity contribution in [3.8, 4) is 0 Å². The average molecular weight is 493 g/mol. The predicted molar refractivity (Wildman–Crippen MR) is 125 cm³/mol. The zero-order chi connectivity index (χ0) is 24.5. The molecule has 0 unspecified atom stereocenters. The van der Waals surface area contributed by atoms with Gasteiger partial charge in [0.05, 0.1) is 23.7 Å². The first-order chi connectivity index (χ1) is 16.1. The normalized spacial score (nSPS) is 20.9. The van der Waals surface area contributed by atoms with Crippen LogP contribution in [0.4, 0.5) is 8.78 Å². The summed E-state index contributed by atoms with van der Waals surface area (Å²) in [7, 11) is -3.31. The SMILES string of the molecule is CCc1ccc2c(c1)[C@@H](NC[C@@H](O)[C@H](Cc1cc(F)cc(F)c1)NC(=O)C1CC1)CS(=O)(=O)C2. The topological polar surface area (TPSA) is 95.5 Å². The second kappa shape index (κ2) is 10.1. The Morgan fingerprint density at radius 3 is 2.47 bits per heavy atom. The van der Waals surface area contributed by atoms with Gasteiger partial charge in [0.2, 0.25) is 5.91 Å². The molecule has 1 amide bonds. The number of nitrogens with one attached hydrogen (secondary N) is 2. The van der Waals surface area contributed by atoms with E-state index in [9.17, 15) is 27.1 Å². The maximum Gasteiger partial charge on any atom is 0.223 e. The summed E-state index contributed by atoms with van der Waals surface area (Å²) in [6.07, 6.45) is 1.30. The van der Waals surface area contributed by atoms with E-state index < -0.39 is 39.7 Å². The monoisotopic (exact) mass is 492 g/mol. The molecule has 9 heteroatoms. The number of benzene rings is 2. The summed E-state index contributed by atoms with van der Waals surface area (Å²) in [5.74, 6) is -1.86. The number of aryl methyl sites for hydroxylation is 1. The summed E-state index contributed by atoms with van der Waals surface area (Å²) in [5.41, 5.74) is 3.04. The maximum atomic E-state index is 13.7. The van der Waals surface area contributed by atoms with Crippen LogP contribution >= 0.6 is 0 Å². The summed E-state index contributed by atoms with van der Waals surface area (Å²) < 4.78 is 52.3. The second-order valence-electron chi connectivity index (χ2n) is 9.34. The zero-order valence-electron chi connectivity index (χ0n) is 19.1. The van der Waals surface area contributed by atoms with Gasteiger partial charge in [-0.05, 0) is 60.1 Å². The molecule has 0 aromatic heterocycles. The van der Waals surface area contributed by atoms with Crippen molar-refractivity contribution in [1.29, 1.82) is 0 Å². The lowest BCUT2D eigenvalue weighted by Crippen LogP contribution is -2.50. The highest BCUT2D eigenvalue weighted by Gasteiger charge is 2.34. The molecular weight excluding hydrogens is 462 g/mol. The third kappa shape index (κ3) is 6.20. The number of aliphatic hydroxyl groups excluding tert-OH is 1. The van der Waals surface area contributed by atoms with Crippen molar-refractivity contribution in [1.82, 2.24) is 10.6 Å². The molecule has 3 atom stereocenters. The summed E-state index contributed by atoms with van der Waals surface area (Å²) in [5, 5.41) is 16.9. The fourth-order valence-electron chi connectivity index (χ4n) is 4.45. The molecule has 0 bridgehead atoms. The van der Waals surface area contributed by atoms with Gasteiger partial charge in [-0.25, -0.2) is 17.2 Å². The van der Waals surface area contributed by atoms with Gasteiger partial charge in [-0.1, -0.05) is 25.1 Å². The molecule has 34 heavy (non-hydrogen) atoms. The lowest BCUT2D eigenvalue weighted by molar-refractivity contribution is -0.123. The highest BCUT2D eigenvalue weighted by molar-refractivity contribution is 7.90. The minimum Gasteiger partial charge on any atom is -0.390 e. The molecular formula is C25H30F2N2O4S. The van der Waals surface area contributed by atoms with E-state index in [0.717, 1.165) is 42.0 Å². The number of hydrogen-bond acceptors (Lipinski definition) is 5. The van der Waals surface area contributed by atoms with E-state index in [1.165, 1.54) is 12.1 Å². The Bertz CT molecular complexity index is 1150. The smallest absolute Gasteiger partial charge is 0.223 e. The Balaban J connectivity index is 1.50. The highest BCUT2D eigenvalue weighted by atomic mass is 32.2. The van der Waals surface area contributed by atoms with Crippen LogP contribution in [0, 0.1) is 17.6 Å². The second-order valence-corrected chi connectivity index (χ2v) is 11.4. The maximum absolute atomic E-state index is 13.7. The highest BCUT2D eigenvalue weighted by Crippen LogP contribution is 2.30. The van der Waals surface area contributed by atoms with Crippen molar-refractivity contribution in [2.45, 2.75) is 56.5 Å². The number of carbonyl (C=O) groups excluding carboxylic acids is 1. The number of aliphatic hydroxyl groups is 1. The van der Waals surface area contributed by atoms with Crippen molar-refractivity contribution in [3.63, 3.8) is 0 Å². The largest absolute Gasteiger partial charge is 0.390 e. The zero-order valence-corrected chi connectivity index (χ0v) is 19.9. The van der Waals surface area contributed by atoms with Gasteiger partial charge >= 0.3 is 0 Å². The van der Waals surface area contributed by atoms with Crippen LogP contribution in [0.25, 0.3) is 0 Å². The third-order valence-corrected chi connectivity index (χ3v) is 8.07. The quantitative estimate of drug-likeness (QED) is 0.500. The van der Waals surface area contributed by atoms with Crippen molar-refractivity contribution in [3.05, 3.63) is 70.3 Å². The molecule has 1 saturated carbocycles. The summed E-state index contributed by atoms with van der Waals surface area (Å²) in [6.45, 7) is 2.03. The van der Waals surface area contributed by atoms with E-state index in [4.69, 9.17) is 0 Å². The Hall–Kier alpha value is -2.36. The van der Waals surface area contributed by atoms with Gasteiger partial charge in [0.1, 0.15) is 11.6 Å². The number of carbonyl (C=O) groups is 1. The van der Waals surface area contributed by atoms with Gasteiger partial charge in [-0.3, -0.25) is 4.79 Å². The predicted octanol–water partition coefficient (Wildman–Crippen LogP) is 2.58. The van der Waals surface area contributed by atoms with Gasteiger partial charge in [-0.15, -0.1) is 0 Å². The molecule has 1 fully saturated rings. The molecule has 0 radical (unpaired) electrons. The molecule has 0 spiro atoms. The molecule has 2 aliphatic rings. The first-order valence-corrected chi connectivity index (χ1v) is 13.4. The van der Waals surface area contributed by atoms with E-state index in [0.29, 0.717) is 5.56 Å². The van der Waals surface area contributed by atoms with Gasteiger partial charge in [0.25, 0.3) is 0 Å². The molecule has 1 aliphatic carbocycles. The van der Waals surface area contributed by atoms with Crippen molar-refractivity contribution in [2.75, 3.05) is 12.3 Å². The van der Waals surface area contributed by atoms with Crippen LogP contribution in [0.5, 0.6) is 0 Å². The van der Waals surface area contributed by atoms with Crippen LogP contribution in [0.15, 0.2) is 36.4 Å². The van der Waals surface area contributed by atoms with Gasteiger partial charge < -0.3 is 15.7 Å². The number of hydrogen-bond donors (Lipinski definition) is 3. The van der Waals surface area contributed by atoms with Crippen LogP contribution in [0.1, 0.15) is 48.1 Å².